The standard InChI is InChI=1S/C23H19N5O/c29-23-19-13-21(27-20(19)9-11-25-23)16-8-10-24-18(12-16)7-6-17-14-26-28-22(17)15-4-2-1-3-5-15/h1-8,10,12-14,27H,9,11H2,(H,25,29)(H,26,28)/b7-6-. The first-order valence-electron chi connectivity index (χ1n) is 9.51. The van der Waals surface area contributed by atoms with Crippen molar-refractivity contribution in [2.24, 2.45) is 0 Å². The summed E-state index contributed by atoms with van der Waals surface area (Å²) >= 11 is 0. The summed E-state index contributed by atoms with van der Waals surface area (Å²) in [7, 11) is 0. The fraction of sp³-hybridized carbons (Fsp3) is 0.0870. The van der Waals surface area contributed by atoms with Crippen LogP contribution in [0.3, 0.4) is 0 Å². The van der Waals surface area contributed by atoms with Crippen molar-refractivity contribution in [3.05, 3.63) is 83.4 Å². The van der Waals surface area contributed by atoms with Gasteiger partial charge in [0.05, 0.1) is 23.1 Å². The molecule has 3 N–H and O–H groups in total. The van der Waals surface area contributed by atoms with Crippen LogP contribution in [0.5, 0.6) is 0 Å². The Balaban J connectivity index is 1.43. The maximum Gasteiger partial charge on any atom is 0.253 e. The number of rotatable bonds is 4. The summed E-state index contributed by atoms with van der Waals surface area (Å²) < 4.78 is 0. The maximum atomic E-state index is 12.0. The van der Waals surface area contributed by atoms with E-state index >= 15 is 0 Å². The molecular formula is C23H19N5O. The number of aromatic amines is 2. The monoisotopic (exact) mass is 381 g/mol. The molecule has 0 aliphatic carbocycles. The quantitative estimate of drug-likeness (QED) is 0.501. The predicted octanol–water partition coefficient (Wildman–Crippen LogP) is 3.92. The molecule has 1 amide bonds. The molecule has 0 radical (unpaired) electrons. The number of hydrogen-bond acceptors (Lipinski definition) is 3. The molecule has 142 valence electrons. The van der Waals surface area contributed by atoms with Gasteiger partial charge in [-0.15, -0.1) is 0 Å². The second kappa shape index (κ2) is 7.24. The third kappa shape index (κ3) is 3.36. The summed E-state index contributed by atoms with van der Waals surface area (Å²) in [5.74, 6) is -0.0173. The summed E-state index contributed by atoms with van der Waals surface area (Å²) in [4.78, 5) is 19.8. The number of H-pyrrole nitrogens is 2. The molecule has 1 aromatic carbocycles. The zero-order valence-electron chi connectivity index (χ0n) is 15.6. The molecule has 6 nitrogen and oxygen atoms in total. The normalized spacial score (nSPS) is 13.4. The lowest BCUT2D eigenvalue weighted by Gasteiger charge is -2.10. The topological polar surface area (TPSA) is 86.5 Å². The Morgan fingerprint density at radius 1 is 1.00 bits per heavy atom. The van der Waals surface area contributed by atoms with Crippen LogP contribution in [0.1, 0.15) is 27.3 Å². The molecule has 1 aliphatic rings. The highest BCUT2D eigenvalue weighted by molar-refractivity contribution is 5.97. The zero-order chi connectivity index (χ0) is 19.6. The van der Waals surface area contributed by atoms with Crippen molar-refractivity contribution in [1.82, 2.24) is 25.5 Å². The maximum absolute atomic E-state index is 12.0. The summed E-state index contributed by atoms with van der Waals surface area (Å²) in [5, 5.41) is 10.1. The van der Waals surface area contributed by atoms with E-state index in [1.165, 1.54) is 0 Å². The van der Waals surface area contributed by atoms with Crippen molar-refractivity contribution in [3.8, 4) is 22.5 Å². The Labute approximate surface area is 167 Å². The first-order chi connectivity index (χ1) is 14.3. The Morgan fingerprint density at radius 2 is 1.90 bits per heavy atom. The summed E-state index contributed by atoms with van der Waals surface area (Å²) in [6, 6.07) is 16.0. The van der Waals surface area contributed by atoms with Crippen LogP contribution in [0.4, 0.5) is 0 Å². The first kappa shape index (κ1) is 17.2. The van der Waals surface area contributed by atoms with Gasteiger partial charge in [-0.25, -0.2) is 0 Å². The van der Waals surface area contributed by atoms with Crippen LogP contribution >= 0.6 is 0 Å². The first-order valence-corrected chi connectivity index (χ1v) is 9.51. The van der Waals surface area contributed by atoms with Crippen LogP contribution in [-0.2, 0) is 6.42 Å². The van der Waals surface area contributed by atoms with Gasteiger partial charge >= 0.3 is 0 Å². The van der Waals surface area contributed by atoms with Crippen LogP contribution in [-0.4, -0.2) is 32.6 Å². The van der Waals surface area contributed by atoms with E-state index in [4.69, 9.17) is 0 Å². The fourth-order valence-corrected chi connectivity index (χ4v) is 3.59. The minimum absolute atomic E-state index is 0.0173. The third-order valence-corrected chi connectivity index (χ3v) is 5.06. The van der Waals surface area contributed by atoms with Crippen molar-refractivity contribution < 1.29 is 4.79 Å². The fourth-order valence-electron chi connectivity index (χ4n) is 3.59. The highest BCUT2D eigenvalue weighted by Crippen LogP contribution is 2.25. The van der Waals surface area contributed by atoms with Gasteiger partial charge in [-0.3, -0.25) is 14.9 Å². The predicted molar refractivity (Wildman–Crippen MR) is 113 cm³/mol. The molecule has 6 heteroatoms. The largest absolute Gasteiger partial charge is 0.358 e. The van der Waals surface area contributed by atoms with E-state index in [1.54, 1.807) is 12.4 Å². The van der Waals surface area contributed by atoms with E-state index in [0.717, 1.165) is 51.5 Å². The van der Waals surface area contributed by atoms with E-state index in [0.29, 0.717) is 6.54 Å². The van der Waals surface area contributed by atoms with Crippen molar-refractivity contribution in [1.29, 1.82) is 0 Å². The number of amides is 1. The van der Waals surface area contributed by atoms with Crippen LogP contribution in [0.25, 0.3) is 34.7 Å². The van der Waals surface area contributed by atoms with Gasteiger partial charge < -0.3 is 10.3 Å². The molecule has 1 aliphatic heterocycles. The average molecular weight is 381 g/mol. The number of carbonyl (C=O) groups excluding carboxylic acids is 1. The second-order valence-corrected chi connectivity index (χ2v) is 6.95. The molecule has 0 atom stereocenters. The van der Waals surface area contributed by atoms with Crippen LogP contribution in [0.15, 0.2) is 60.9 Å². The molecule has 29 heavy (non-hydrogen) atoms. The van der Waals surface area contributed by atoms with Crippen molar-refractivity contribution >= 4 is 18.1 Å². The smallest absolute Gasteiger partial charge is 0.253 e. The van der Waals surface area contributed by atoms with Crippen LogP contribution in [0.2, 0.25) is 0 Å². The minimum atomic E-state index is -0.0173. The Morgan fingerprint density at radius 3 is 2.76 bits per heavy atom. The van der Waals surface area contributed by atoms with Gasteiger partial charge in [0.15, 0.2) is 0 Å². The van der Waals surface area contributed by atoms with E-state index in [9.17, 15) is 4.79 Å². The highest BCUT2D eigenvalue weighted by Gasteiger charge is 2.19. The second-order valence-electron chi connectivity index (χ2n) is 6.95. The molecule has 5 rings (SSSR count). The zero-order valence-corrected chi connectivity index (χ0v) is 15.6. The summed E-state index contributed by atoms with van der Waals surface area (Å²) in [5.41, 5.74) is 7.53. The van der Waals surface area contributed by atoms with Gasteiger partial charge in [0, 0.05) is 47.2 Å². The van der Waals surface area contributed by atoms with Gasteiger partial charge in [0.2, 0.25) is 0 Å². The molecule has 0 unspecified atom stereocenters. The van der Waals surface area contributed by atoms with E-state index in [-0.39, 0.29) is 5.91 Å². The van der Waals surface area contributed by atoms with Gasteiger partial charge in [0.25, 0.3) is 5.91 Å². The highest BCUT2D eigenvalue weighted by atomic mass is 16.1. The molecule has 0 spiro atoms. The molecule has 0 saturated carbocycles. The number of pyridine rings is 1. The van der Waals surface area contributed by atoms with Gasteiger partial charge in [-0.2, -0.15) is 5.10 Å². The molecular weight excluding hydrogens is 362 g/mol. The third-order valence-electron chi connectivity index (χ3n) is 5.06. The minimum Gasteiger partial charge on any atom is -0.358 e. The molecule has 4 heterocycles. The van der Waals surface area contributed by atoms with E-state index in [1.807, 2.05) is 60.7 Å². The number of carbonyl (C=O) groups is 1. The van der Waals surface area contributed by atoms with Gasteiger partial charge in [0.1, 0.15) is 0 Å². The lowest BCUT2D eigenvalue weighted by molar-refractivity contribution is 0.0946. The number of aromatic nitrogens is 4. The van der Waals surface area contributed by atoms with Crippen LogP contribution in [0, 0.1) is 0 Å². The average Bonchev–Trinajstić information content (AvgIpc) is 3.41. The number of nitrogens with zero attached hydrogens (tertiary/aromatic N) is 2. The Hall–Kier alpha value is -3.93. The van der Waals surface area contributed by atoms with Crippen molar-refractivity contribution in [3.63, 3.8) is 0 Å². The molecule has 4 aromatic rings. The lowest BCUT2D eigenvalue weighted by Crippen LogP contribution is -2.31. The van der Waals surface area contributed by atoms with Crippen molar-refractivity contribution in [2.45, 2.75) is 6.42 Å². The summed E-state index contributed by atoms with van der Waals surface area (Å²) in [6.07, 6.45) is 8.38. The van der Waals surface area contributed by atoms with Crippen molar-refractivity contribution in [2.75, 3.05) is 6.54 Å². The van der Waals surface area contributed by atoms with E-state index < -0.39 is 0 Å². The van der Waals surface area contributed by atoms with Gasteiger partial charge in [-0.05, 0) is 30.4 Å². The molecule has 0 bridgehead atoms. The van der Waals surface area contributed by atoms with Crippen LogP contribution < -0.4 is 5.32 Å². The Bertz CT molecular complexity index is 1200. The number of nitrogens with one attached hydrogen (secondary N) is 3. The van der Waals surface area contributed by atoms with Gasteiger partial charge in [-0.1, -0.05) is 30.3 Å². The molecule has 3 aromatic heterocycles. The Kier molecular flexibility index (Phi) is 4.29. The van der Waals surface area contributed by atoms with E-state index in [2.05, 4.69) is 25.5 Å². The molecule has 0 fully saturated rings. The molecule has 0 saturated heterocycles. The SMILES string of the molecule is O=C1NCCc2[nH]c(-c3ccnc(/C=C\c4cn[nH]c4-c4ccccc4)c3)cc21. The number of hydrogen-bond donors (Lipinski definition) is 3. The summed E-state index contributed by atoms with van der Waals surface area (Å²) in [6.45, 7) is 0.671. The lowest BCUT2D eigenvalue weighted by atomic mass is 10.1. The number of fused-ring (bicyclic) bond motifs is 1. The number of benzene rings is 1.